The molecule has 150 valence electrons. The average Bonchev–Trinajstić information content (AvgIpc) is 2.67. The highest BCUT2D eigenvalue weighted by atomic mass is 16.2. The third-order valence-electron chi connectivity index (χ3n) is 5.19. The number of hydrogen-bond donors (Lipinski definition) is 2. The molecule has 0 saturated carbocycles. The summed E-state index contributed by atoms with van der Waals surface area (Å²) in [6.07, 6.45) is 2.48. The van der Waals surface area contributed by atoms with E-state index in [4.69, 9.17) is 5.73 Å². The zero-order valence-corrected chi connectivity index (χ0v) is 16.4. The van der Waals surface area contributed by atoms with Crippen molar-refractivity contribution in [1.29, 1.82) is 0 Å². The maximum absolute atomic E-state index is 12.8. The minimum atomic E-state index is -0.575. The first-order chi connectivity index (χ1) is 13.4. The van der Waals surface area contributed by atoms with Crippen LogP contribution in [0.25, 0.3) is 0 Å². The number of nitrogens with zero attached hydrogens (tertiary/aromatic N) is 3. The number of amides is 1. The summed E-state index contributed by atoms with van der Waals surface area (Å²) in [4.78, 5) is 42.8. The SMILES string of the molecule is CCCCn1c(N)c(N(C)CC(=O)N2CCc3ccccc3C2)c(=O)[nH]c1=O. The van der Waals surface area contributed by atoms with E-state index in [-0.39, 0.29) is 24.0 Å². The first-order valence-corrected chi connectivity index (χ1v) is 9.60. The van der Waals surface area contributed by atoms with Crippen molar-refractivity contribution >= 4 is 17.4 Å². The molecule has 0 bridgehead atoms. The van der Waals surface area contributed by atoms with Crippen molar-refractivity contribution in [1.82, 2.24) is 14.5 Å². The van der Waals surface area contributed by atoms with Crippen molar-refractivity contribution in [2.24, 2.45) is 0 Å². The summed E-state index contributed by atoms with van der Waals surface area (Å²) in [5, 5.41) is 0. The molecular formula is C20H27N5O3. The highest BCUT2D eigenvalue weighted by Gasteiger charge is 2.23. The van der Waals surface area contributed by atoms with Crippen LogP contribution < -0.4 is 21.9 Å². The normalized spacial score (nSPS) is 13.3. The number of rotatable bonds is 6. The van der Waals surface area contributed by atoms with E-state index < -0.39 is 11.2 Å². The number of H-pyrrole nitrogens is 1. The molecule has 8 heteroatoms. The van der Waals surface area contributed by atoms with E-state index in [1.165, 1.54) is 15.0 Å². The number of fused-ring (bicyclic) bond motifs is 1. The Hall–Kier alpha value is -3.03. The van der Waals surface area contributed by atoms with Gasteiger partial charge in [0.2, 0.25) is 5.91 Å². The molecule has 2 aromatic rings. The Labute approximate surface area is 163 Å². The van der Waals surface area contributed by atoms with E-state index in [2.05, 4.69) is 11.1 Å². The molecule has 0 unspecified atom stereocenters. The second-order valence-corrected chi connectivity index (χ2v) is 7.19. The zero-order chi connectivity index (χ0) is 20.3. The maximum atomic E-state index is 12.8. The van der Waals surface area contributed by atoms with E-state index in [0.29, 0.717) is 19.6 Å². The van der Waals surface area contributed by atoms with Gasteiger partial charge in [-0.15, -0.1) is 0 Å². The molecule has 1 aromatic carbocycles. The van der Waals surface area contributed by atoms with Crippen LogP contribution in [0.2, 0.25) is 0 Å². The smallest absolute Gasteiger partial charge is 0.330 e. The van der Waals surface area contributed by atoms with Gasteiger partial charge in [0, 0.05) is 26.7 Å². The molecular weight excluding hydrogens is 358 g/mol. The highest BCUT2D eigenvalue weighted by Crippen LogP contribution is 2.20. The Balaban J connectivity index is 1.78. The van der Waals surface area contributed by atoms with Crippen LogP contribution in [-0.4, -0.2) is 40.5 Å². The van der Waals surface area contributed by atoms with Crippen molar-refractivity contribution in [3.8, 4) is 0 Å². The zero-order valence-electron chi connectivity index (χ0n) is 16.4. The standard InChI is InChI=1S/C20H27N5O3/c1-3-4-10-25-18(21)17(19(27)22-20(25)28)23(2)13-16(26)24-11-9-14-7-5-6-8-15(14)12-24/h5-8H,3-4,9-13,21H2,1-2H3,(H,22,27,28). The molecule has 0 atom stereocenters. The lowest BCUT2D eigenvalue weighted by molar-refractivity contribution is -0.130. The summed E-state index contributed by atoms with van der Waals surface area (Å²) in [5.74, 6) is 0.0172. The molecule has 2 heterocycles. The lowest BCUT2D eigenvalue weighted by atomic mass is 10.00. The molecule has 3 N–H and O–H groups in total. The summed E-state index contributed by atoms with van der Waals surface area (Å²) in [6.45, 7) is 3.66. The molecule has 3 rings (SSSR count). The number of hydrogen-bond acceptors (Lipinski definition) is 5. The van der Waals surface area contributed by atoms with Crippen molar-refractivity contribution in [3.05, 3.63) is 56.2 Å². The molecule has 0 fully saturated rings. The molecule has 28 heavy (non-hydrogen) atoms. The number of benzene rings is 1. The maximum Gasteiger partial charge on any atom is 0.330 e. The quantitative estimate of drug-likeness (QED) is 0.770. The predicted octanol–water partition coefficient (Wildman–Crippen LogP) is 0.940. The van der Waals surface area contributed by atoms with E-state index in [1.807, 2.05) is 25.1 Å². The Morgan fingerprint density at radius 1 is 1.25 bits per heavy atom. The molecule has 0 saturated heterocycles. The third-order valence-corrected chi connectivity index (χ3v) is 5.19. The van der Waals surface area contributed by atoms with Crippen molar-refractivity contribution in [2.75, 3.05) is 30.8 Å². The average molecular weight is 385 g/mol. The van der Waals surface area contributed by atoms with Gasteiger partial charge < -0.3 is 15.5 Å². The van der Waals surface area contributed by atoms with E-state index in [9.17, 15) is 14.4 Å². The van der Waals surface area contributed by atoms with Gasteiger partial charge in [0.1, 0.15) is 11.5 Å². The summed E-state index contributed by atoms with van der Waals surface area (Å²) in [5.41, 5.74) is 7.59. The summed E-state index contributed by atoms with van der Waals surface area (Å²) < 4.78 is 1.36. The fourth-order valence-corrected chi connectivity index (χ4v) is 3.58. The number of aromatic nitrogens is 2. The molecule has 1 aliphatic heterocycles. The van der Waals surface area contributed by atoms with Crippen LogP contribution in [0, 0.1) is 0 Å². The molecule has 0 aliphatic carbocycles. The second kappa shape index (κ2) is 8.33. The predicted molar refractivity (Wildman–Crippen MR) is 109 cm³/mol. The van der Waals surface area contributed by atoms with E-state index >= 15 is 0 Å². The largest absolute Gasteiger partial charge is 0.383 e. The van der Waals surface area contributed by atoms with Crippen LogP contribution in [0.3, 0.4) is 0 Å². The van der Waals surface area contributed by atoms with E-state index in [0.717, 1.165) is 24.8 Å². The Morgan fingerprint density at radius 2 is 1.96 bits per heavy atom. The highest BCUT2D eigenvalue weighted by molar-refractivity contribution is 5.82. The molecule has 1 aromatic heterocycles. The lowest BCUT2D eigenvalue weighted by Gasteiger charge is -2.31. The fraction of sp³-hybridized carbons (Fsp3) is 0.450. The van der Waals surface area contributed by atoms with Gasteiger partial charge in [0.05, 0.1) is 6.54 Å². The fourth-order valence-electron chi connectivity index (χ4n) is 3.58. The number of carbonyl (C=O) groups is 1. The molecule has 1 amide bonds. The summed E-state index contributed by atoms with van der Waals surface area (Å²) in [7, 11) is 1.64. The minimum absolute atomic E-state index is 0.0153. The van der Waals surface area contributed by atoms with Gasteiger partial charge in [0.15, 0.2) is 0 Å². The lowest BCUT2D eigenvalue weighted by Crippen LogP contribution is -2.44. The monoisotopic (exact) mass is 385 g/mol. The van der Waals surface area contributed by atoms with Crippen molar-refractivity contribution in [3.63, 3.8) is 0 Å². The van der Waals surface area contributed by atoms with Gasteiger partial charge >= 0.3 is 5.69 Å². The van der Waals surface area contributed by atoms with Crippen LogP contribution in [0.15, 0.2) is 33.9 Å². The third kappa shape index (κ3) is 3.95. The number of nitrogen functional groups attached to an aromatic ring is 1. The Kier molecular flexibility index (Phi) is 5.87. The van der Waals surface area contributed by atoms with Crippen LogP contribution in [0.1, 0.15) is 30.9 Å². The number of unbranched alkanes of at least 4 members (excludes halogenated alkanes) is 1. The van der Waals surface area contributed by atoms with Crippen molar-refractivity contribution < 1.29 is 4.79 Å². The van der Waals surface area contributed by atoms with Gasteiger partial charge in [-0.2, -0.15) is 0 Å². The topological polar surface area (TPSA) is 104 Å². The molecule has 0 radical (unpaired) electrons. The van der Waals surface area contributed by atoms with Crippen LogP contribution in [0.5, 0.6) is 0 Å². The number of likely N-dealkylation sites (N-methyl/N-ethyl adjacent to an activating group) is 1. The Morgan fingerprint density at radius 3 is 2.68 bits per heavy atom. The van der Waals surface area contributed by atoms with Gasteiger partial charge in [-0.05, 0) is 24.0 Å². The summed E-state index contributed by atoms with van der Waals surface area (Å²) in [6, 6.07) is 8.10. The first kappa shape index (κ1) is 19.7. The molecule has 1 aliphatic rings. The van der Waals surface area contributed by atoms with Crippen LogP contribution >= 0.6 is 0 Å². The van der Waals surface area contributed by atoms with Gasteiger partial charge in [0.25, 0.3) is 5.56 Å². The van der Waals surface area contributed by atoms with Crippen molar-refractivity contribution in [2.45, 2.75) is 39.3 Å². The number of nitrogens with one attached hydrogen (secondary N) is 1. The minimum Gasteiger partial charge on any atom is -0.383 e. The van der Waals surface area contributed by atoms with Gasteiger partial charge in [-0.1, -0.05) is 37.6 Å². The Bertz CT molecular complexity index is 979. The second-order valence-electron chi connectivity index (χ2n) is 7.19. The number of anilines is 2. The van der Waals surface area contributed by atoms with Gasteiger partial charge in [-0.3, -0.25) is 19.1 Å². The molecule has 0 spiro atoms. The van der Waals surface area contributed by atoms with Crippen LogP contribution in [-0.2, 0) is 24.3 Å². The van der Waals surface area contributed by atoms with E-state index in [1.54, 1.807) is 11.9 Å². The molecule has 8 nitrogen and oxygen atoms in total. The number of carbonyl (C=O) groups excluding carboxylic acids is 1. The first-order valence-electron chi connectivity index (χ1n) is 9.60. The van der Waals surface area contributed by atoms with Crippen LogP contribution in [0.4, 0.5) is 11.5 Å². The van der Waals surface area contributed by atoms with Gasteiger partial charge in [-0.25, -0.2) is 4.79 Å². The summed E-state index contributed by atoms with van der Waals surface area (Å²) >= 11 is 0. The number of nitrogens with two attached hydrogens (primary N) is 1. The number of aromatic amines is 1.